The Labute approximate surface area is 231 Å². The average molecular weight is 531 g/mol. The van der Waals surface area contributed by atoms with E-state index in [1.54, 1.807) is 13.0 Å². The monoisotopic (exact) mass is 530 g/mol. The van der Waals surface area contributed by atoms with E-state index in [4.69, 9.17) is 9.47 Å². The SMILES string of the molecule is CCCCCCO[C@@H](C)C(=O)Oc1ccc(C(=O)O)c(-c2ccc(-c3ccc(C(=O)[C@H](C)CC)cc3)cc2)c1. The van der Waals surface area contributed by atoms with Gasteiger partial charge >= 0.3 is 11.9 Å². The Morgan fingerprint density at radius 1 is 0.795 bits per heavy atom. The first-order valence-corrected chi connectivity index (χ1v) is 13.7. The second kappa shape index (κ2) is 14.4. The van der Waals surface area contributed by atoms with Crippen LogP contribution in [0.1, 0.15) is 80.5 Å². The molecule has 39 heavy (non-hydrogen) atoms. The van der Waals surface area contributed by atoms with Crippen molar-refractivity contribution >= 4 is 17.7 Å². The molecule has 0 heterocycles. The quantitative estimate of drug-likeness (QED) is 0.0988. The number of hydrogen-bond donors (Lipinski definition) is 1. The summed E-state index contributed by atoms with van der Waals surface area (Å²) in [6.45, 7) is 8.21. The summed E-state index contributed by atoms with van der Waals surface area (Å²) in [7, 11) is 0. The molecule has 0 spiro atoms. The van der Waals surface area contributed by atoms with E-state index in [9.17, 15) is 19.5 Å². The third-order valence-corrected chi connectivity index (χ3v) is 6.90. The van der Waals surface area contributed by atoms with Crippen LogP contribution in [0.3, 0.4) is 0 Å². The van der Waals surface area contributed by atoms with Crippen LogP contribution in [-0.4, -0.2) is 35.5 Å². The van der Waals surface area contributed by atoms with Crippen molar-refractivity contribution in [1.82, 2.24) is 0 Å². The van der Waals surface area contributed by atoms with Crippen LogP contribution < -0.4 is 4.74 Å². The van der Waals surface area contributed by atoms with Gasteiger partial charge < -0.3 is 14.6 Å². The summed E-state index contributed by atoms with van der Waals surface area (Å²) in [5.41, 5.74) is 3.81. The zero-order chi connectivity index (χ0) is 28.4. The minimum Gasteiger partial charge on any atom is -0.478 e. The van der Waals surface area contributed by atoms with Crippen LogP contribution in [0.4, 0.5) is 0 Å². The highest BCUT2D eigenvalue weighted by Gasteiger charge is 2.19. The molecule has 0 aromatic heterocycles. The van der Waals surface area contributed by atoms with E-state index in [1.807, 2.05) is 62.4 Å². The number of aromatic carboxylic acids is 1. The Balaban J connectivity index is 1.75. The fourth-order valence-electron chi connectivity index (χ4n) is 4.21. The van der Waals surface area contributed by atoms with Crippen LogP contribution in [0.5, 0.6) is 5.75 Å². The Morgan fingerprint density at radius 2 is 1.41 bits per heavy atom. The van der Waals surface area contributed by atoms with E-state index < -0.39 is 18.0 Å². The summed E-state index contributed by atoms with van der Waals surface area (Å²) in [4.78, 5) is 36.9. The number of esters is 1. The number of rotatable bonds is 14. The summed E-state index contributed by atoms with van der Waals surface area (Å²) in [5.74, 6) is -1.22. The van der Waals surface area contributed by atoms with Crippen molar-refractivity contribution in [2.75, 3.05) is 6.61 Å². The van der Waals surface area contributed by atoms with Gasteiger partial charge in [-0.25, -0.2) is 9.59 Å². The van der Waals surface area contributed by atoms with Crippen LogP contribution in [0.15, 0.2) is 66.7 Å². The van der Waals surface area contributed by atoms with Gasteiger partial charge in [0, 0.05) is 18.1 Å². The highest BCUT2D eigenvalue weighted by atomic mass is 16.6. The highest BCUT2D eigenvalue weighted by Crippen LogP contribution is 2.31. The number of benzene rings is 3. The molecule has 0 fully saturated rings. The van der Waals surface area contributed by atoms with Gasteiger partial charge in [-0.3, -0.25) is 4.79 Å². The first-order chi connectivity index (χ1) is 18.7. The summed E-state index contributed by atoms with van der Waals surface area (Å²) in [5, 5.41) is 9.75. The van der Waals surface area contributed by atoms with Crippen LogP contribution in [0, 0.1) is 5.92 Å². The van der Waals surface area contributed by atoms with Crippen LogP contribution in [0.2, 0.25) is 0 Å². The van der Waals surface area contributed by atoms with Crippen LogP contribution in [-0.2, 0) is 9.53 Å². The van der Waals surface area contributed by atoms with E-state index in [1.165, 1.54) is 12.1 Å². The second-order valence-corrected chi connectivity index (χ2v) is 9.84. The molecule has 0 saturated carbocycles. The molecule has 6 nitrogen and oxygen atoms in total. The Hall–Kier alpha value is -3.77. The third-order valence-electron chi connectivity index (χ3n) is 6.90. The topological polar surface area (TPSA) is 89.9 Å². The lowest BCUT2D eigenvalue weighted by Crippen LogP contribution is -2.26. The lowest BCUT2D eigenvalue weighted by molar-refractivity contribution is -0.146. The van der Waals surface area contributed by atoms with Gasteiger partial charge in [-0.15, -0.1) is 0 Å². The molecule has 206 valence electrons. The van der Waals surface area contributed by atoms with Crippen LogP contribution in [0.25, 0.3) is 22.3 Å². The molecule has 1 N–H and O–H groups in total. The smallest absolute Gasteiger partial charge is 0.340 e. The van der Waals surface area contributed by atoms with Gasteiger partial charge in [0.05, 0.1) is 5.56 Å². The molecule has 2 atom stereocenters. The molecule has 0 radical (unpaired) electrons. The molecule has 3 rings (SSSR count). The maximum atomic E-state index is 12.5. The lowest BCUT2D eigenvalue weighted by Gasteiger charge is -2.14. The van der Waals surface area contributed by atoms with E-state index >= 15 is 0 Å². The van der Waals surface area contributed by atoms with Crippen molar-refractivity contribution in [3.63, 3.8) is 0 Å². The van der Waals surface area contributed by atoms with Gasteiger partial charge in [0.2, 0.25) is 0 Å². The number of unbranched alkanes of at least 4 members (excludes halogenated alkanes) is 3. The van der Waals surface area contributed by atoms with E-state index in [2.05, 4.69) is 6.92 Å². The number of carboxylic acid groups (broad SMARTS) is 1. The average Bonchev–Trinajstić information content (AvgIpc) is 2.96. The molecule has 3 aromatic carbocycles. The maximum absolute atomic E-state index is 12.5. The number of ether oxygens (including phenoxy) is 2. The van der Waals surface area contributed by atoms with Gasteiger partial charge in [0.15, 0.2) is 11.9 Å². The van der Waals surface area contributed by atoms with Crippen molar-refractivity contribution < 1.29 is 29.0 Å². The standard InChI is InChI=1S/C33H38O6/c1-5-7-8-9-20-38-23(4)33(37)39-28-18-19-29(32(35)36)30(21-28)26-14-10-24(11-15-26)25-12-16-27(17-13-25)31(34)22(3)6-2/h10-19,21-23H,5-9,20H2,1-4H3,(H,35,36)/t22-,23+/m1/s1. The minimum absolute atomic E-state index is 0.0140. The van der Waals surface area contributed by atoms with Gasteiger partial charge in [-0.1, -0.05) is 88.6 Å². The Morgan fingerprint density at radius 3 is 2.00 bits per heavy atom. The summed E-state index contributed by atoms with van der Waals surface area (Å²) in [6, 6.07) is 19.5. The fraction of sp³-hybridized carbons (Fsp3) is 0.364. The molecule has 0 amide bonds. The molecule has 3 aromatic rings. The predicted octanol–water partition coefficient (Wildman–Crippen LogP) is 7.84. The molecule has 0 bridgehead atoms. The second-order valence-electron chi connectivity index (χ2n) is 9.84. The molecule has 0 unspecified atom stereocenters. The van der Waals surface area contributed by atoms with Gasteiger partial charge in [0.1, 0.15) is 5.75 Å². The number of hydrogen-bond acceptors (Lipinski definition) is 5. The number of carboxylic acids is 1. The molecule has 0 saturated heterocycles. The normalized spacial score (nSPS) is 12.5. The van der Waals surface area contributed by atoms with Crippen LogP contribution >= 0.6 is 0 Å². The third kappa shape index (κ3) is 8.11. The molecule has 6 heteroatoms. The summed E-state index contributed by atoms with van der Waals surface area (Å²) in [6.07, 6.45) is 4.28. The van der Waals surface area contributed by atoms with Crippen molar-refractivity contribution in [2.24, 2.45) is 5.92 Å². The fourth-order valence-corrected chi connectivity index (χ4v) is 4.21. The highest BCUT2D eigenvalue weighted by molar-refractivity contribution is 5.98. The van der Waals surface area contributed by atoms with E-state index in [-0.39, 0.29) is 23.0 Å². The van der Waals surface area contributed by atoms with Gasteiger partial charge in [-0.05, 0) is 60.2 Å². The Kier molecular flexibility index (Phi) is 11.0. The molecule has 0 aliphatic heterocycles. The number of carbonyl (C=O) groups is 3. The largest absolute Gasteiger partial charge is 0.478 e. The number of Topliss-reactive ketones (excluding diaryl/α,β-unsaturated/α-hetero) is 1. The zero-order valence-corrected chi connectivity index (χ0v) is 23.2. The molecule has 0 aliphatic rings. The summed E-state index contributed by atoms with van der Waals surface area (Å²) < 4.78 is 11.1. The van der Waals surface area contributed by atoms with E-state index in [0.29, 0.717) is 23.3 Å². The molecular formula is C33H38O6. The first-order valence-electron chi connectivity index (χ1n) is 13.7. The Bertz CT molecular complexity index is 1260. The van der Waals surface area contributed by atoms with Gasteiger partial charge in [-0.2, -0.15) is 0 Å². The molecule has 0 aliphatic carbocycles. The first kappa shape index (κ1) is 29.8. The lowest BCUT2D eigenvalue weighted by atomic mass is 9.94. The maximum Gasteiger partial charge on any atom is 0.340 e. The van der Waals surface area contributed by atoms with Crippen molar-refractivity contribution in [3.8, 4) is 28.0 Å². The van der Waals surface area contributed by atoms with Crippen molar-refractivity contribution in [2.45, 2.75) is 65.9 Å². The predicted molar refractivity (Wildman–Crippen MR) is 153 cm³/mol. The number of carbonyl (C=O) groups excluding carboxylic acids is 2. The summed E-state index contributed by atoms with van der Waals surface area (Å²) >= 11 is 0. The van der Waals surface area contributed by atoms with Gasteiger partial charge in [0.25, 0.3) is 0 Å². The van der Waals surface area contributed by atoms with Crippen molar-refractivity contribution in [3.05, 3.63) is 77.9 Å². The molecular weight excluding hydrogens is 492 g/mol. The number of ketones is 1. The zero-order valence-electron chi connectivity index (χ0n) is 23.2. The van der Waals surface area contributed by atoms with Crippen molar-refractivity contribution in [1.29, 1.82) is 0 Å². The minimum atomic E-state index is -1.07. The van der Waals surface area contributed by atoms with E-state index in [0.717, 1.165) is 43.2 Å².